The summed E-state index contributed by atoms with van der Waals surface area (Å²) in [5.74, 6) is -0.297. The number of benzene rings is 2. The van der Waals surface area contributed by atoms with Crippen LogP contribution in [0.2, 0.25) is 0 Å². The van der Waals surface area contributed by atoms with E-state index in [0.29, 0.717) is 15.5 Å². The fraction of sp³-hybridized carbons (Fsp3) is 0.150. The van der Waals surface area contributed by atoms with Gasteiger partial charge in [-0.15, -0.1) is 0 Å². The summed E-state index contributed by atoms with van der Waals surface area (Å²) in [6.45, 7) is 3.95. The monoisotopic (exact) mass is 413 g/mol. The van der Waals surface area contributed by atoms with Crippen molar-refractivity contribution in [2.75, 3.05) is 10.6 Å². The Morgan fingerprint density at radius 3 is 2.46 bits per heavy atom. The molecular weight excluding hydrogens is 393 g/mol. The van der Waals surface area contributed by atoms with Crippen LogP contribution in [0.25, 0.3) is 0 Å². The van der Waals surface area contributed by atoms with Crippen LogP contribution < -0.4 is 10.6 Å². The molecule has 0 bridgehead atoms. The average molecular weight is 412 g/mol. The van der Waals surface area contributed by atoms with E-state index in [4.69, 9.17) is 0 Å². The van der Waals surface area contributed by atoms with E-state index in [0.717, 1.165) is 22.4 Å². The first kappa shape index (κ1) is 18.1. The second-order valence-electron chi connectivity index (χ2n) is 6.01. The van der Waals surface area contributed by atoms with Gasteiger partial charge in [0, 0.05) is 0 Å². The number of hydrogen-bond acceptors (Lipinski definition) is 3. The van der Waals surface area contributed by atoms with E-state index >= 15 is 0 Å². The normalized spacial score (nSPS) is 10.4. The molecule has 0 aliphatic carbocycles. The quantitative estimate of drug-likeness (QED) is 0.633. The van der Waals surface area contributed by atoms with Crippen molar-refractivity contribution in [3.63, 3.8) is 0 Å². The second-order valence-corrected chi connectivity index (χ2v) is 8.17. The third kappa shape index (κ3) is 4.69. The van der Waals surface area contributed by atoms with E-state index < -0.39 is 0 Å². The van der Waals surface area contributed by atoms with E-state index in [2.05, 4.69) is 15.6 Å². The van der Waals surface area contributed by atoms with Gasteiger partial charge in [0.2, 0.25) is 0 Å². The van der Waals surface area contributed by atoms with Gasteiger partial charge in [-0.1, -0.05) is 0 Å². The molecule has 132 valence electrons. The Bertz CT molecular complexity index is 932. The Morgan fingerprint density at radius 2 is 1.73 bits per heavy atom. The maximum absolute atomic E-state index is 12.4. The van der Waals surface area contributed by atoms with Crippen LogP contribution in [0.3, 0.4) is 0 Å². The van der Waals surface area contributed by atoms with Crippen molar-refractivity contribution in [3.8, 4) is 0 Å². The van der Waals surface area contributed by atoms with E-state index in [1.54, 1.807) is 0 Å². The van der Waals surface area contributed by atoms with Gasteiger partial charge < -0.3 is 0 Å². The molecule has 0 spiro atoms. The van der Waals surface area contributed by atoms with E-state index in [9.17, 15) is 9.59 Å². The zero-order valence-electron chi connectivity index (χ0n) is 14.6. The minimum absolute atomic E-state index is 0.122. The standard InChI is InChI=1S/C20H19N3O2Se/c1-13-7-9-15(10-8-13)11-18(24)23-20-21-12-17(26-20)19(25)22-16-6-4-3-5-14(16)2/h3-10,12H,11H2,1-2H3,(H,22,25)(H,21,23,24). The fourth-order valence-corrected chi connectivity index (χ4v) is 3.92. The summed E-state index contributed by atoms with van der Waals surface area (Å²) in [5, 5.41) is 5.70. The molecule has 3 aromatic rings. The predicted octanol–water partition coefficient (Wildman–Crippen LogP) is 3.19. The minimum atomic E-state index is -0.310. The molecule has 0 radical (unpaired) electrons. The zero-order chi connectivity index (χ0) is 18.5. The molecule has 6 heteroatoms. The molecule has 2 amide bonds. The number of nitrogens with zero attached hydrogens (tertiary/aromatic N) is 1. The first-order chi connectivity index (χ1) is 12.5. The molecule has 2 N–H and O–H groups in total. The summed E-state index contributed by atoms with van der Waals surface area (Å²) >= 11 is -0.310. The summed E-state index contributed by atoms with van der Waals surface area (Å²) in [7, 11) is 0. The van der Waals surface area contributed by atoms with Crippen molar-refractivity contribution < 1.29 is 9.59 Å². The Balaban J connectivity index is 1.60. The molecule has 0 saturated heterocycles. The number of aryl methyl sites for hydroxylation is 2. The third-order valence-corrected chi connectivity index (χ3v) is 5.77. The van der Waals surface area contributed by atoms with Gasteiger partial charge in [0.15, 0.2) is 0 Å². The number of carbonyl (C=O) groups is 2. The first-order valence-corrected chi connectivity index (χ1v) is 9.91. The molecule has 0 unspecified atom stereocenters. The van der Waals surface area contributed by atoms with Crippen LogP contribution in [0.4, 0.5) is 10.4 Å². The van der Waals surface area contributed by atoms with E-state index in [1.807, 2.05) is 62.4 Å². The number of para-hydroxylation sites is 1. The van der Waals surface area contributed by atoms with Crippen LogP contribution in [0.5, 0.6) is 0 Å². The van der Waals surface area contributed by atoms with Gasteiger partial charge in [0.25, 0.3) is 0 Å². The van der Waals surface area contributed by atoms with Crippen LogP contribution in [0, 0.1) is 13.8 Å². The summed E-state index contributed by atoms with van der Waals surface area (Å²) in [5.41, 5.74) is 3.89. The van der Waals surface area contributed by atoms with Crippen LogP contribution in [0.1, 0.15) is 25.9 Å². The number of amides is 2. The van der Waals surface area contributed by atoms with Crippen LogP contribution in [-0.2, 0) is 11.2 Å². The number of rotatable bonds is 5. The van der Waals surface area contributed by atoms with Gasteiger partial charge in [0.1, 0.15) is 0 Å². The van der Waals surface area contributed by atoms with Gasteiger partial charge in [-0.25, -0.2) is 0 Å². The molecule has 0 aliphatic heterocycles. The van der Waals surface area contributed by atoms with Gasteiger partial charge >= 0.3 is 158 Å². The second kappa shape index (κ2) is 8.13. The molecule has 0 fully saturated rings. The predicted molar refractivity (Wildman–Crippen MR) is 104 cm³/mol. The zero-order valence-corrected chi connectivity index (χ0v) is 16.3. The van der Waals surface area contributed by atoms with Crippen molar-refractivity contribution >= 4 is 36.7 Å². The van der Waals surface area contributed by atoms with E-state index in [-0.39, 0.29) is 26.3 Å². The molecule has 0 atom stereocenters. The Morgan fingerprint density at radius 1 is 1.00 bits per heavy atom. The number of anilines is 2. The molecule has 3 rings (SSSR count). The molecule has 5 nitrogen and oxygen atoms in total. The van der Waals surface area contributed by atoms with Gasteiger partial charge in [-0.2, -0.15) is 0 Å². The third-order valence-electron chi connectivity index (χ3n) is 3.85. The molecule has 1 heterocycles. The molecule has 0 aliphatic rings. The summed E-state index contributed by atoms with van der Waals surface area (Å²) in [6, 6.07) is 15.5. The molecule has 1 aromatic heterocycles. The summed E-state index contributed by atoms with van der Waals surface area (Å²) in [4.78, 5) is 28.7. The average Bonchev–Trinajstić information content (AvgIpc) is 3.07. The van der Waals surface area contributed by atoms with Crippen LogP contribution in [-0.4, -0.2) is 31.3 Å². The SMILES string of the molecule is Cc1ccc(CC(=O)Nc2ncc(C(=O)Nc3ccccc3C)[se]2)cc1. The van der Waals surface area contributed by atoms with Crippen LogP contribution >= 0.6 is 0 Å². The molecule has 26 heavy (non-hydrogen) atoms. The molecule has 0 saturated carbocycles. The molecule has 2 aromatic carbocycles. The van der Waals surface area contributed by atoms with Crippen molar-refractivity contribution in [2.24, 2.45) is 0 Å². The Kier molecular flexibility index (Phi) is 5.66. The first-order valence-electron chi connectivity index (χ1n) is 8.19. The van der Waals surface area contributed by atoms with Crippen LogP contribution in [0.15, 0.2) is 54.7 Å². The summed E-state index contributed by atoms with van der Waals surface area (Å²) < 4.78 is 1.15. The fourth-order valence-electron chi connectivity index (χ4n) is 2.39. The number of nitrogens with one attached hydrogen (secondary N) is 2. The number of carbonyl (C=O) groups excluding carboxylic acids is 2. The number of hydrogen-bond donors (Lipinski definition) is 2. The van der Waals surface area contributed by atoms with Crippen molar-refractivity contribution in [1.29, 1.82) is 0 Å². The van der Waals surface area contributed by atoms with E-state index in [1.165, 1.54) is 6.20 Å². The van der Waals surface area contributed by atoms with Gasteiger partial charge in [-0.3, -0.25) is 0 Å². The van der Waals surface area contributed by atoms with Crippen molar-refractivity contribution in [3.05, 3.63) is 75.9 Å². The van der Waals surface area contributed by atoms with Crippen molar-refractivity contribution in [1.82, 2.24) is 4.98 Å². The topological polar surface area (TPSA) is 71.1 Å². The van der Waals surface area contributed by atoms with Crippen molar-refractivity contribution in [2.45, 2.75) is 20.3 Å². The Hall–Kier alpha value is -2.69. The number of aromatic nitrogens is 1. The molecular formula is C20H19N3O2Se. The Labute approximate surface area is 158 Å². The maximum atomic E-state index is 12.4. The van der Waals surface area contributed by atoms with Gasteiger partial charge in [-0.05, 0) is 0 Å². The van der Waals surface area contributed by atoms with Gasteiger partial charge in [0.05, 0.1) is 0 Å². The summed E-state index contributed by atoms with van der Waals surface area (Å²) in [6.07, 6.45) is 1.83.